The second-order valence-electron chi connectivity index (χ2n) is 6.05. The molecule has 2 heterocycles. The summed E-state index contributed by atoms with van der Waals surface area (Å²) in [5, 5.41) is 15.2. The Hall–Kier alpha value is -1.99. The molecule has 1 aliphatic heterocycles. The molecule has 0 aliphatic carbocycles. The highest BCUT2D eigenvalue weighted by Gasteiger charge is 2.21. The fourth-order valence-electron chi connectivity index (χ4n) is 3.01. The molecule has 7 nitrogen and oxygen atoms in total. The molecule has 1 aliphatic rings. The third-order valence-corrected chi connectivity index (χ3v) is 3.90. The van der Waals surface area contributed by atoms with Gasteiger partial charge in [-0.3, -0.25) is 4.90 Å². The summed E-state index contributed by atoms with van der Waals surface area (Å²) in [4.78, 5) is 2.46. The van der Waals surface area contributed by atoms with E-state index < -0.39 is 0 Å². The number of aromatic nitrogens is 4. The number of benzene rings is 1. The van der Waals surface area contributed by atoms with Crippen LogP contribution in [0.5, 0.6) is 0 Å². The van der Waals surface area contributed by atoms with E-state index in [0.29, 0.717) is 18.2 Å². The van der Waals surface area contributed by atoms with Crippen LogP contribution in [0, 0.1) is 0 Å². The Bertz CT molecular complexity index is 592. The summed E-state index contributed by atoms with van der Waals surface area (Å²) in [5.74, 6) is 0.680. The number of hydrogen-bond donors (Lipinski definition) is 1. The molecule has 2 aromatic rings. The maximum Gasteiger partial charge on any atom is 0.247 e. The predicted octanol–water partition coefficient (Wildman–Crippen LogP) is 1.57. The molecule has 2 atom stereocenters. The van der Waals surface area contributed by atoms with Gasteiger partial charge in [0, 0.05) is 26.2 Å². The molecular formula is C16H24N6O. The monoisotopic (exact) mass is 316 g/mol. The molecule has 0 saturated carbocycles. The first-order valence-corrected chi connectivity index (χ1v) is 8.18. The molecule has 1 fully saturated rings. The van der Waals surface area contributed by atoms with Gasteiger partial charge in [0.15, 0.2) is 0 Å². The Morgan fingerprint density at radius 3 is 2.65 bits per heavy atom. The number of anilines is 1. The molecule has 0 spiro atoms. The minimum absolute atomic E-state index is 0.317. The van der Waals surface area contributed by atoms with E-state index >= 15 is 0 Å². The average molecular weight is 316 g/mol. The van der Waals surface area contributed by atoms with Crippen molar-refractivity contribution < 1.29 is 4.74 Å². The highest BCUT2D eigenvalue weighted by Crippen LogP contribution is 2.12. The first-order valence-electron chi connectivity index (χ1n) is 8.18. The number of morpholine rings is 1. The first kappa shape index (κ1) is 15.9. The van der Waals surface area contributed by atoms with Crippen LogP contribution in [0.15, 0.2) is 30.3 Å². The molecule has 1 aromatic carbocycles. The minimum atomic E-state index is 0.317. The van der Waals surface area contributed by atoms with Crippen molar-refractivity contribution in [2.24, 2.45) is 0 Å². The zero-order valence-corrected chi connectivity index (χ0v) is 13.7. The molecule has 0 bridgehead atoms. The average Bonchev–Trinajstić information content (AvgIpc) is 3.00. The third-order valence-electron chi connectivity index (χ3n) is 3.90. The second kappa shape index (κ2) is 7.52. The molecule has 0 amide bonds. The van der Waals surface area contributed by atoms with Crippen molar-refractivity contribution in [3.8, 4) is 5.69 Å². The molecule has 23 heavy (non-hydrogen) atoms. The van der Waals surface area contributed by atoms with Crippen LogP contribution < -0.4 is 5.32 Å². The summed E-state index contributed by atoms with van der Waals surface area (Å²) < 4.78 is 7.48. The lowest BCUT2D eigenvalue weighted by molar-refractivity contribution is -0.0678. The van der Waals surface area contributed by atoms with E-state index in [1.165, 1.54) is 0 Å². The highest BCUT2D eigenvalue weighted by molar-refractivity contribution is 5.38. The SMILES string of the molecule is C[C@H]1CN(CCCNc2nnnn2-c2ccccc2)C[C@H](C)O1. The van der Waals surface area contributed by atoms with Gasteiger partial charge in [-0.2, -0.15) is 4.68 Å². The van der Waals surface area contributed by atoms with Gasteiger partial charge in [0.1, 0.15) is 0 Å². The molecular weight excluding hydrogens is 292 g/mol. The molecule has 124 valence electrons. The van der Waals surface area contributed by atoms with E-state index in [-0.39, 0.29) is 0 Å². The maximum atomic E-state index is 5.76. The summed E-state index contributed by atoms with van der Waals surface area (Å²) in [6.07, 6.45) is 1.68. The van der Waals surface area contributed by atoms with Crippen LogP contribution in [0.4, 0.5) is 5.95 Å². The zero-order valence-electron chi connectivity index (χ0n) is 13.7. The number of para-hydroxylation sites is 1. The summed E-state index contributed by atoms with van der Waals surface area (Å²) in [6.45, 7) is 8.17. The Labute approximate surface area is 136 Å². The molecule has 3 rings (SSSR count). The third kappa shape index (κ3) is 4.27. The van der Waals surface area contributed by atoms with Gasteiger partial charge in [-0.25, -0.2) is 0 Å². The standard InChI is InChI=1S/C16H24N6O/c1-13-11-21(12-14(2)23-13)10-6-9-17-16-18-19-20-22(16)15-7-4-3-5-8-15/h3-5,7-8,13-14H,6,9-12H2,1-2H3,(H,17,18,20)/t13-,14-/m0/s1. The van der Waals surface area contributed by atoms with Crippen molar-refractivity contribution in [2.45, 2.75) is 32.5 Å². The van der Waals surface area contributed by atoms with Crippen molar-refractivity contribution in [3.63, 3.8) is 0 Å². The molecule has 1 N–H and O–H groups in total. The van der Waals surface area contributed by atoms with Gasteiger partial charge in [-0.1, -0.05) is 23.3 Å². The van der Waals surface area contributed by atoms with Gasteiger partial charge in [-0.15, -0.1) is 0 Å². The largest absolute Gasteiger partial charge is 0.373 e. The van der Waals surface area contributed by atoms with Gasteiger partial charge in [0.05, 0.1) is 17.9 Å². The van der Waals surface area contributed by atoms with E-state index in [1.807, 2.05) is 30.3 Å². The fourth-order valence-corrected chi connectivity index (χ4v) is 3.01. The van der Waals surface area contributed by atoms with Crippen LogP contribution in [-0.2, 0) is 4.74 Å². The number of rotatable bonds is 6. The number of nitrogens with one attached hydrogen (secondary N) is 1. The van der Waals surface area contributed by atoms with Crippen LogP contribution in [0.2, 0.25) is 0 Å². The molecule has 7 heteroatoms. The van der Waals surface area contributed by atoms with E-state index in [1.54, 1.807) is 4.68 Å². The summed E-state index contributed by atoms with van der Waals surface area (Å²) in [5.41, 5.74) is 0.954. The van der Waals surface area contributed by atoms with E-state index in [2.05, 4.69) is 39.6 Å². The lowest BCUT2D eigenvalue weighted by atomic mass is 10.2. The Morgan fingerprint density at radius 1 is 1.17 bits per heavy atom. The van der Waals surface area contributed by atoms with Gasteiger partial charge < -0.3 is 10.1 Å². The fraction of sp³-hybridized carbons (Fsp3) is 0.562. The van der Waals surface area contributed by atoms with Gasteiger partial charge in [0.2, 0.25) is 5.95 Å². The van der Waals surface area contributed by atoms with Crippen LogP contribution >= 0.6 is 0 Å². The van der Waals surface area contributed by atoms with Crippen LogP contribution in [0.3, 0.4) is 0 Å². The molecule has 1 aromatic heterocycles. The molecule has 1 saturated heterocycles. The van der Waals surface area contributed by atoms with Crippen molar-refractivity contribution in [1.82, 2.24) is 25.1 Å². The second-order valence-corrected chi connectivity index (χ2v) is 6.05. The summed E-state index contributed by atoms with van der Waals surface area (Å²) in [6, 6.07) is 9.89. The first-order chi connectivity index (χ1) is 11.2. The van der Waals surface area contributed by atoms with E-state index in [9.17, 15) is 0 Å². The van der Waals surface area contributed by atoms with Gasteiger partial charge >= 0.3 is 0 Å². The number of ether oxygens (including phenoxy) is 1. The summed E-state index contributed by atoms with van der Waals surface area (Å²) >= 11 is 0. The van der Waals surface area contributed by atoms with Crippen molar-refractivity contribution in [2.75, 3.05) is 31.5 Å². The van der Waals surface area contributed by atoms with Crippen LogP contribution in [0.1, 0.15) is 20.3 Å². The number of tetrazole rings is 1. The molecule has 0 unspecified atom stereocenters. The Kier molecular flexibility index (Phi) is 5.19. The Balaban J connectivity index is 1.47. The van der Waals surface area contributed by atoms with E-state index in [0.717, 1.165) is 38.3 Å². The van der Waals surface area contributed by atoms with Crippen LogP contribution in [-0.4, -0.2) is 63.5 Å². The van der Waals surface area contributed by atoms with Crippen molar-refractivity contribution >= 4 is 5.95 Å². The van der Waals surface area contributed by atoms with Crippen molar-refractivity contribution in [1.29, 1.82) is 0 Å². The number of nitrogens with zero attached hydrogens (tertiary/aromatic N) is 5. The van der Waals surface area contributed by atoms with Crippen LogP contribution in [0.25, 0.3) is 5.69 Å². The normalized spacial score (nSPS) is 22.2. The topological polar surface area (TPSA) is 68.1 Å². The van der Waals surface area contributed by atoms with E-state index in [4.69, 9.17) is 4.74 Å². The zero-order chi connectivity index (χ0) is 16.1. The van der Waals surface area contributed by atoms with Gasteiger partial charge in [0.25, 0.3) is 0 Å². The quantitative estimate of drug-likeness (QED) is 0.816. The summed E-state index contributed by atoms with van der Waals surface area (Å²) in [7, 11) is 0. The lowest BCUT2D eigenvalue weighted by Crippen LogP contribution is -2.45. The lowest BCUT2D eigenvalue weighted by Gasteiger charge is -2.35. The Morgan fingerprint density at radius 2 is 1.91 bits per heavy atom. The smallest absolute Gasteiger partial charge is 0.247 e. The van der Waals surface area contributed by atoms with Gasteiger partial charge in [-0.05, 0) is 42.8 Å². The predicted molar refractivity (Wildman–Crippen MR) is 88.7 cm³/mol. The van der Waals surface area contributed by atoms with Crippen molar-refractivity contribution in [3.05, 3.63) is 30.3 Å². The maximum absolute atomic E-state index is 5.76. The minimum Gasteiger partial charge on any atom is -0.373 e. The highest BCUT2D eigenvalue weighted by atomic mass is 16.5. The molecule has 0 radical (unpaired) electrons. The number of hydrogen-bond acceptors (Lipinski definition) is 6.